The molecule has 1 aromatic rings. The highest BCUT2D eigenvalue weighted by atomic mass is 16.2. The highest BCUT2D eigenvalue weighted by molar-refractivity contribution is 6.09. The summed E-state index contributed by atoms with van der Waals surface area (Å²) >= 11 is 0. The Morgan fingerprint density at radius 1 is 0.737 bits per heavy atom. The summed E-state index contributed by atoms with van der Waals surface area (Å²) in [5, 5.41) is 0. The smallest absolute Gasteiger partial charge is 0.313 e. The molecule has 0 saturated carbocycles. The van der Waals surface area contributed by atoms with Crippen LogP contribution in [0.4, 0.5) is 0 Å². The fourth-order valence-corrected chi connectivity index (χ4v) is 3.40. The minimum absolute atomic E-state index is 0. The van der Waals surface area contributed by atoms with Gasteiger partial charge in [-0.25, -0.2) is 4.79 Å². The van der Waals surface area contributed by atoms with E-state index in [9.17, 15) is 24.0 Å². The molecule has 0 atom stereocenters. The maximum Gasteiger partial charge on any atom is 0.348 e. The van der Waals surface area contributed by atoms with E-state index in [1.54, 1.807) is 39.9 Å². The summed E-state index contributed by atoms with van der Waals surface area (Å²) in [5.41, 5.74) is 0.600. The number of Topliss-reactive ketones (excluding diaryl/α,β-unsaturated/α-hetero) is 1. The Morgan fingerprint density at radius 3 is 1.66 bits per heavy atom. The average Bonchev–Trinajstić information content (AvgIpc) is 2.68. The Hall–Kier alpha value is -3.36. The van der Waals surface area contributed by atoms with Gasteiger partial charge in [0.1, 0.15) is 0 Å². The van der Waals surface area contributed by atoms with E-state index < -0.39 is 0 Å². The van der Waals surface area contributed by atoms with Gasteiger partial charge in [0, 0.05) is 46.5 Å². The molecule has 3 rings (SSSR count). The molecule has 0 saturated heterocycles. The monoisotopic (exact) mass is 530 g/mol. The summed E-state index contributed by atoms with van der Waals surface area (Å²) in [6.07, 6.45) is 6.47. The van der Waals surface area contributed by atoms with Crippen molar-refractivity contribution in [3.05, 3.63) is 52.5 Å². The van der Waals surface area contributed by atoms with E-state index in [1.165, 1.54) is 6.08 Å². The third-order valence-corrected chi connectivity index (χ3v) is 5.46. The summed E-state index contributed by atoms with van der Waals surface area (Å²) in [7, 11) is 0. The average molecular weight is 531 g/mol. The lowest BCUT2D eigenvalue weighted by Crippen LogP contribution is -2.45. The summed E-state index contributed by atoms with van der Waals surface area (Å²) in [6, 6.07) is 1.84. The summed E-state index contributed by atoms with van der Waals surface area (Å²) in [6.45, 7) is 21.1. The lowest BCUT2D eigenvalue weighted by atomic mass is 10.00. The van der Waals surface area contributed by atoms with Gasteiger partial charge in [-0.05, 0) is 88.3 Å². The second kappa shape index (κ2) is 12.9. The molecule has 2 amide bonds. The van der Waals surface area contributed by atoms with Gasteiger partial charge in [-0.1, -0.05) is 7.43 Å². The van der Waals surface area contributed by atoms with Crippen LogP contribution in [-0.2, 0) is 24.7 Å². The molecule has 212 valence electrons. The summed E-state index contributed by atoms with van der Waals surface area (Å²) < 4.78 is 1.62. The molecule has 38 heavy (non-hydrogen) atoms. The maximum absolute atomic E-state index is 11.5. The van der Waals surface area contributed by atoms with Gasteiger partial charge < -0.3 is 9.80 Å². The van der Waals surface area contributed by atoms with Gasteiger partial charge in [-0.2, -0.15) is 4.98 Å². The van der Waals surface area contributed by atoms with Crippen LogP contribution in [-0.4, -0.2) is 53.8 Å². The van der Waals surface area contributed by atoms with E-state index in [2.05, 4.69) is 4.98 Å². The van der Waals surface area contributed by atoms with E-state index in [0.29, 0.717) is 5.57 Å². The number of rotatable bonds is 0. The van der Waals surface area contributed by atoms with Gasteiger partial charge in [-0.3, -0.25) is 23.7 Å². The molecule has 2 aliphatic heterocycles. The van der Waals surface area contributed by atoms with Crippen molar-refractivity contribution in [2.45, 2.75) is 113 Å². The topological polar surface area (TPSA) is 110 Å². The van der Waals surface area contributed by atoms with Crippen LogP contribution in [0.3, 0.4) is 0 Å². The van der Waals surface area contributed by atoms with Crippen LogP contribution in [0.1, 0.15) is 95.2 Å². The molecule has 1 aromatic heterocycles. The molecule has 0 radical (unpaired) electrons. The Kier molecular flexibility index (Phi) is 11.8. The van der Waals surface area contributed by atoms with Crippen LogP contribution in [0.25, 0.3) is 0 Å². The van der Waals surface area contributed by atoms with E-state index in [-0.39, 0.29) is 66.0 Å². The number of allylic oxidation sites excluding steroid dienone is 2. The third kappa shape index (κ3) is 10.2. The molecule has 0 unspecified atom stereocenters. The molecular formula is C29H46N4O5. The van der Waals surface area contributed by atoms with Crippen LogP contribution in [0.15, 0.2) is 41.1 Å². The van der Waals surface area contributed by atoms with Crippen molar-refractivity contribution in [1.82, 2.24) is 19.4 Å². The van der Waals surface area contributed by atoms with Crippen molar-refractivity contribution >= 4 is 23.4 Å². The Balaban J connectivity index is 0.000000534. The number of carbonyl (C=O) groups excluding carboxylic acids is 4. The van der Waals surface area contributed by atoms with E-state index in [0.717, 1.165) is 5.69 Å². The highest BCUT2D eigenvalue weighted by Gasteiger charge is 2.30. The SMILES string of the molecule is C.CC(C)(C)N1C=CC(=O)CC1=O.CC1=CN(C(C)(C)C)C(=O)CC1=O.Cc1ccn(C(C)(C)C)c(=O)n1. The minimum Gasteiger partial charge on any atom is -0.313 e. The molecule has 0 aromatic carbocycles. The molecule has 3 heterocycles. The first-order chi connectivity index (χ1) is 16.6. The molecule has 0 aliphatic carbocycles. The van der Waals surface area contributed by atoms with Crippen molar-refractivity contribution in [2.24, 2.45) is 0 Å². The lowest BCUT2D eigenvalue weighted by molar-refractivity contribution is -0.138. The van der Waals surface area contributed by atoms with Crippen molar-refractivity contribution in [3.8, 4) is 0 Å². The van der Waals surface area contributed by atoms with Crippen molar-refractivity contribution in [3.63, 3.8) is 0 Å². The molecule has 2 aliphatic rings. The maximum atomic E-state index is 11.5. The van der Waals surface area contributed by atoms with E-state index in [1.807, 2.05) is 75.3 Å². The number of aryl methyl sites for hydroxylation is 1. The van der Waals surface area contributed by atoms with Crippen LogP contribution in [0, 0.1) is 6.92 Å². The molecular weight excluding hydrogens is 484 g/mol. The van der Waals surface area contributed by atoms with Crippen molar-refractivity contribution in [1.29, 1.82) is 0 Å². The van der Waals surface area contributed by atoms with Gasteiger partial charge in [0.25, 0.3) is 0 Å². The molecule has 0 fully saturated rings. The molecule has 9 nitrogen and oxygen atoms in total. The number of ketones is 2. The first-order valence-corrected chi connectivity index (χ1v) is 12.3. The molecule has 0 spiro atoms. The number of nitrogens with zero attached hydrogens (tertiary/aromatic N) is 4. The zero-order chi connectivity index (χ0) is 28.9. The predicted molar refractivity (Wildman–Crippen MR) is 150 cm³/mol. The van der Waals surface area contributed by atoms with Crippen molar-refractivity contribution < 1.29 is 19.2 Å². The zero-order valence-corrected chi connectivity index (χ0v) is 24.1. The van der Waals surface area contributed by atoms with E-state index in [4.69, 9.17) is 0 Å². The number of carbonyl (C=O) groups is 4. The van der Waals surface area contributed by atoms with Gasteiger partial charge in [0.05, 0.1) is 12.8 Å². The van der Waals surface area contributed by atoms with Crippen LogP contribution < -0.4 is 5.69 Å². The second-order valence-electron chi connectivity index (χ2n) is 12.1. The van der Waals surface area contributed by atoms with Gasteiger partial charge >= 0.3 is 5.69 Å². The van der Waals surface area contributed by atoms with Gasteiger partial charge in [0.2, 0.25) is 11.8 Å². The van der Waals surface area contributed by atoms with Gasteiger partial charge in [0.15, 0.2) is 11.6 Å². The number of aromatic nitrogens is 2. The molecule has 0 N–H and O–H groups in total. The van der Waals surface area contributed by atoms with Crippen LogP contribution in [0.2, 0.25) is 0 Å². The number of amides is 2. The third-order valence-electron chi connectivity index (χ3n) is 5.46. The van der Waals surface area contributed by atoms with E-state index >= 15 is 0 Å². The normalized spacial score (nSPS) is 16.1. The quantitative estimate of drug-likeness (QED) is 0.456. The first kappa shape index (κ1) is 34.6. The molecule has 9 heteroatoms. The minimum atomic E-state index is -0.237. The van der Waals surface area contributed by atoms with Crippen molar-refractivity contribution in [2.75, 3.05) is 0 Å². The van der Waals surface area contributed by atoms with Crippen LogP contribution >= 0.6 is 0 Å². The standard InChI is InChI=1S/C10H15NO2.C9H14N2O.C9H13NO2.CH4/c1-7-6-11(10(2,3)4)9(13)5-8(7)12;1-7-5-6-11(8(12)10-7)9(2,3)4;1-9(2,3)10-5-4-7(11)6-8(10)12;/h6H,5H2,1-4H3;5-6H,1-4H3;4-5H,6H2,1-3H3;1H4. The first-order valence-electron chi connectivity index (χ1n) is 12.3. The Bertz CT molecular complexity index is 1160. The fraction of sp³-hybridized carbons (Fsp3) is 0.586. The lowest BCUT2D eigenvalue weighted by Gasteiger charge is -2.35. The predicted octanol–water partition coefficient (Wildman–Crippen LogP) is 4.53. The molecule has 0 bridgehead atoms. The number of hydrogen-bond acceptors (Lipinski definition) is 6. The van der Waals surface area contributed by atoms with Crippen LogP contribution in [0.5, 0.6) is 0 Å². The summed E-state index contributed by atoms with van der Waals surface area (Å²) in [5.74, 6) is -0.399. The second-order valence-corrected chi connectivity index (χ2v) is 12.1. The Morgan fingerprint density at radius 2 is 1.24 bits per heavy atom. The van der Waals surface area contributed by atoms with Gasteiger partial charge in [-0.15, -0.1) is 0 Å². The summed E-state index contributed by atoms with van der Waals surface area (Å²) in [4.78, 5) is 63.1. The highest BCUT2D eigenvalue weighted by Crippen LogP contribution is 2.21. The number of hydrogen-bond donors (Lipinski definition) is 0. The zero-order valence-electron chi connectivity index (χ0n) is 24.1. The largest absolute Gasteiger partial charge is 0.348 e. The Labute approximate surface area is 227 Å². The fourth-order valence-electron chi connectivity index (χ4n) is 3.40.